The van der Waals surface area contributed by atoms with Crippen molar-refractivity contribution in [1.82, 2.24) is 9.80 Å². The molecule has 0 spiro atoms. The number of carbonyl (C=O) groups excluding carboxylic acids is 3. The molecule has 144 valence electrons. The molecule has 0 aromatic heterocycles. The van der Waals surface area contributed by atoms with Crippen LogP contribution in [0.3, 0.4) is 0 Å². The van der Waals surface area contributed by atoms with E-state index in [9.17, 15) is 14.4 Å². The van der Waals surface area contributed by atoms with Crippen LogP contribution in [-0.2, 0) is 9.59 Å². The fraction of sp³-hybridized carbons (Fsp3) is 0.389. The molecule has 0 radical (unpaired) electrons. The van der Waals surface area contributed by atoms with Crippen molar-refractivity contribution in [3.63, 3.8) is 0 Å². The van der Waals surface area contributed by atoms with Gasteiger partial charge >= 0.3 is 0 Å². The Kier molecular flexibility index (Phi) is 6.65. The molecule has 2 fully saturated rings. The largest absolute Gasteiger partial charge is 0.492 e. The van der Waals surface area contributed by atoms with E-state index >= 15 is 0 Å². The number of likely N-dealkylation sites (tertiary alicyclic amines) is 1. The van der Waals surface area contributed by atoms with Gasteiger partial charge in [-0.25, -0.2) is 0 Å². The third-order valence-electron chi connectivity index (χ3n) is 4.23. The van der Waals surface area contributed by atoms with Gasteiger partial charge in [0.25, 0.3) is 11.1 Å². The molecule has 0 atom stereocenters. The molecule has 1 aromatic carbocycles. The summed E-state index contributed by atoms with van der Waals surface area (Å²) in [7, 11) is 0. The average molecular weight is 518 g/mol. The molecule has 3 amide bonds. The lowest BCUT2D eigenvalue weighted by Gasteiger charge is -2.18. The number of hydrogen-bond donors (Lipinski definition) is 0. The third-order valence-corrected chi connectivity index (χ3v) is 6.32. The lowest BCUT2D eigenvalue weighted by molar-refractivity contribution is -0.135. The van der Waals surface area contributed by atoms with E-state index < -0.39 is 11.1 Å². The maximum absolute atomic E-state index is 12.6. The van der Waals surface area contributed by atoms with Gasteiger partial charge in [0.1, 0.15) is 12.3 Å². The van der Waals surface area contributed by atoms with Crippen molar-refractivity contribution in [3.05, 3.63) is 31.5 Å². The van der Waals surface area contributed by atoms with Crippen molar-refractivity contribution >= 4 is 66.8 Å². The molecule has 0 bridgehead atoms. The van der Waals surface area contributed by atoms with Crippen LogP contribution < -0.4 is 4.74 Å². The number of rotatable bonds is 5. The van der Waals surface area contributed by atoms with Gasteiger partial charge in [-0.05, 0) is 87.2 Å². The van der Waals surface area contributed by atoms with Gasteiger partial charge in [-0.2, -0.15) is 0 Å². The number of benzene rings is 1. The molecule has 0 aliphatic carbocycles. The van der Waals surface area contributed by atoms with E-state index in [0.717, 1.165) is 44.0 Å². The molecule has 2 saturated heterocycles. The second-order valence-corrected chi connectivity index (χ2v) is 8.80. The maximum atomic E-state index is 12.6. The summed E-state index contributed by atoms with van der Waals surface area (Å²) in [5.74, 6) is 0.0697. The fourth-order valence-corrected chi connectivity index (χ4v) is 5.22. The zero-order valence-corrected chi connectivity index (χ0v) is 18.7. The van der Waals surface area contributed by atoms with Crippen molar-refractivity contribution in [2.75, 3.05) is 26.2 Å². The van der Waals surface area contributed by atoms with Crippen molar-refractivity contribution < 1.29 is 19.1 Å². The van der Waals surface area contributed by atoms with Crippen LogP contribution in [0.5, 0.6) is 5.75 Å². The monoisotopic (exact) mass is 516 g/mol. The number of carbonyl (C=O) groups is 3. The zero-order chi connectivity index (χ0) is 19.6. The minimum absolute atomic E-state index is 0.178. The Bertz CT molecular complexity index is 799. The molecule has 27 heavy (non-hydrogen) atoms. The van der Waals surface area contributed by atoms with Crippen molar-refractivity contribution in [3.8, 4) is 5.75 Å². The highest BCUT2D eigenvalue weighted by Gasteiger charge is 2.37. The molecule has 2 aliphatic rings. The summed E-state index contributed by atoms with van der Waals surface area (Å²) < 4.78 is 7.04. The number of halogens is 2. The molecule has 6 nitrogen and oxygen atoms in total. The second kappa shape index (κ2) is 8.79. The molecule has 2 heterocycles. The fourth-order valence-electron chi connectivity index (χ4n) is 2.93. The average Bonchev–Trinajstić information content (AvgIpc) is 3.23. The Balaban J connectivity index is 1.77. The summed E-state index contributed by atoms with van der Waals surface area (Å²) in [5.41, 5.74) is 0.744. The van der Waals surface area contributed by atoms with Gasteiger partial charge in [0.05, 0.1) is 20.5 Å². The Labute approximate surface area is 178 Å². The first-order valence-electron chi connectivity index (χ1n) is 8.55. The van der Waals surface area contributed by atoms with Gasteiger partial charge in [0.15, 0.2) is 0 Å². The SMILES string of the molecule is CCOc1c(Br)cc(/C=C2/SC(=O)N(CC(=O)N3CCCC3)C2=O)cc1Br. The smallest absolute Gasteiger partial charge is 0.294 e. The van der Waals surface area contributed by atoms with Crippen LogP contribution >= 0.6 is 43.6 Å². The highest BCUT2D eigenvalue weighted by Crippen LogP contribution is 2.37. The Morgan fingerprint density at radius 3 is 2.44 bits per heavy atom. The summed E-state index contributed by atoms with van der Waals surface area (Å²) in [6, 6.07) is 3.64. The summed E-state index contributed by atoms with van der Waals surface area (Å²) in [5, 5.41) is -0.414. The number of nitrogens with zero attached hydrogens (tertiary/aromatic N) is 2. The van der Waals surface area contributed by atoms with Crippen molar-refractivity contribution in [1.29, 1.82) is 0 Å². The maximum Gasteiger partial charge on any atom is 0.294 e. The van der Waals surface area contributed by atoms with Crippen LogP contribution in [0.15, 0.2) is 26.0 Å². The lowest BCUT2D eigenvalue weighted by atomic mass is 10.2. The second-order valence-electron chi connectivity index (χ2n) is 6.10. The van der Waals surface area contributed by atoms with Gasteiger partial charge < -0.3 is 9.64 Å². The molecule has 9 heteroatoms. The predicted octanol–water partition coefficient (Wildman–Crippen LogP) is 4.27. The first kappa shape index (κ1) is 20.4. The first-order chi connectivity index (χ1) is 12.9. The van der Waals surface area contributed by atoms with Gasteiger partial charge in [-0.1, -0.05) is 0 Å². The van der Waals surface area contributed by atoms with Crippen LogP contribution in [0, 0.1) is 0 Å². The number of amides is 3. The van der Waals surface area contributed by atoms with E-state index in [1.165, 1.54) is 0 Å². The number of imide groups is 1. The predicted molar refractivity (Wildman–Crippen MR) is 112 cm³/mol. The standard InChI is InChI=1S/C18H18Br2N2O4S/c1-2-26-16-12(19)7-11(8-13(16)20)9-14-17(24)22(18(25)27-14)10-15(23)21-5-3-4-6-21/h7-9H,2-6,10H2,1H3/b14-9+. The highest BCUT2D eigenvalue weighted by atomic mass is 79.9. The Hall–Kier alpha value is -1.32. The van der Waals surface area contributed by atoms with Gasteiger partial charge in [-0.15, -0.1) is 0 Å². The molecule has 0 N–H and O–H groups in total. The van der Waals surface area contributed by atoms with E-state index in [-0.39, 0.29) is 12.5 Å². The Morgan fingerprint density at radius 2 is 1.85 bits per heavy atom. The molecule has 0 unspecified atom stereocenters. The Morgan fingerprint density at radius 1 is 1.22 bits per heavy atom. The minimum atomic E-state index is -0.432. The van der Waals surface area contributed by atoms with Crippen LogP contribution in [0.4, 0.5) is 4.79 Å². The van der Waals surface area contributed by atoms with Gasteiger partial charge in [0, 0.05) is 13.1 Å². The molecular weight excluding hydrogens is 500 g/mol. The van der Waals surface area contributed by atoms with Crippen LogP contribution in [0.1, 0.15) is 25.3 Å². The van der Waals surface area contributed by atoms with E-state index in [1.54, 1.807) is 11.0 Å². The summed E-state index contributed by atoms with van der Waals surface area (Å²) in [6.45, 7) is 3.61. The highest BCUT2D eigenvalue weighted by molar-refractivity contribution is 9.11. The lowest BCUT2D eigenvalue weighted by Crippen LogP contribution is -2.40. The molecular formula is C18H18Br2N2O4S. The molecule has 1 aromatic rings. The van der Waals surface area contributed by atoms with E-state index in [4.69, 9.17) is 4.74 Å². The summed E-state index contributed by atoms with van der Waals surface area (Å²) in [6.07, 6.45) is 3.58. The summed E-state index contributed by atoms with van der Waals surface area (Å²) in [4.78, 5) is 40.1. The van der Waals surface area contributed by atoms with Crippen molar-refractivity contribution in [2.45, 2.75) is 19.8 Å². The molecule has 2 aliphatic heterocycles. The number of thioether (sulfide) groups is 1. The molecule has 3 rings (SSSR count). The molecule has 0 saturated carbocycles. The topological polar surface area (TPSA) is 66.9 Å². The van der Waals surface area contributed by atoms with Crippen LogP contribution in [0.2, 0.25) is 0 Å². The van der Waals surface area contributed by atoms with E-state index in [0.29, 0.717) is 30.4 Å². The first-order valence-corrected chi connectivity index (χ1v) is 11.0. The quantitative estimate of drug-likeness (QED) is 0.545. The number of hydrogen-bond acceptors (Lipinski definition) is 5. The van der Waals surface area contributed by atoms with E-state index in [2.05, 4.69) is 31.9 Å². The summed E-state index contributed by atoms with van der Waals surface area (Å²) >= 11 is 7.76. The zero-order valence-electron chi connectivity index (χ0n) is 14.7. The van der Waals surface area contributed by atoms with Crippen LogP contribution in [0.25, 0.3) is 6.08 Å². The van der Waals surface area contributed by atoms with Gasteiger partial charge in [0.2, 0.25) is 5.91 Å². The van der Waals surface area contributed by atoms with E-state index in [1.807, 2.05) is 19.1 Å². The van der Waals surface area contributed by atoms with Crippen molar-refractivity contribution in [2.24, 2.45) is 0 Å². The number of ether oxygens (including phenoxy) is 1. The van der Waals surface area contributed by atoms with Gasteiger partial charge in [-0.3, -0.25) is 19.3 Å². The van der Waals surface area contributed by atoms with Crippen LogP contribution in [-0.4, -0.2) is 53.1 Å². The third kappa shape index (κ3) is 4.57. The minimum Gasteiger partial charge on any atom is -0.492 e. The normalized spacial score (nSPS) is 18.7.